The van der Waals surface area contributed by atoms with E-state index in [4.69, 9.17) is 0 Å². The van der Waals surface area contributed by atoms with Crippen LogP contribution in [0.4, 0.5) is 0 Å². The monoisotopic (exact) mass is 292 g/mol. The van der Waals surface area contributed by atoms with Gasteiger partial charge in [-0.25, -0.2) is 4.68 Å². The summed E-state index contributed by atoms with van der Waals surface area (Å²) in [5.74, 6) is 0. The first-order valence-electron chi connectivity index (χ1n) is 4.39. The summed E-state index contributed by atoms with van der Waals surface area (Å²) in [7, 11) is 0. The lowest BCUT2D eigenvalue weighted by molar-refractivity contribution is 0.160. The van der Waals surface area contributed by atoms with Gasteiger partial charge in [-0.3, -0.25) is 4.90 Å². The minimum Gasteiger partial charge on any atom is -0.282 e. The van der Waals surface area contributed by atoms with E-state index in [9.17, 15) is 0 Å². The zero-order valence-corrected chi connectivity index (χ0v) is 10.0. The molecule has 0 amide bonds. The topological polar surface area (TPSA) is 34.0 Å². The van der Waals surface area contributed by atoms with Gasteiger partial charge in [-0.15, -0.1) is 5.10 Å². The van der Waals surface area contributed by atoms with Crippen molar-refractivity contribution in [1.29, 1.82) is 0 Å². The second-order valence-corrected chi connectivity index (χ2v) is 6.42. The van der Waals surface area contributed by atoms with Crippen LogP contribution in [0.1, 0.15) is 19.5 Å². The van der Waals surface area contributed by atoms with Crippen LogP contribution in [0.3, 0.4) is 0 Å². The summed E-state index contributed by atoms with van der Waals surface area (Å²) < 4.78 is 2.20. The molecule has 1 aliphatic heterocycles. The van der Waals surface area contributed by atoms with Crippen molar-refractivity contribution in [3.63, 3.8) is 0 Å². The van der Waals surface area contributed by atoms with Gasteiger partial charge in [0.1, 0.15) is 0 Å². The largest absolute Gasteiger partial charge is 0.282 e. The molecule has 4 nitrogen and oxygen atoms in total. The van der Waals surface area contributed by atoms with Gasteiger partial charge < -0.3 is 0 Å². The molecule has 1 aliphatic rings. The quantitative estimate of drug-likeness (QED) is 0.444. The predicted molar refractivity (Wildman–Crippen MR) is 58.5 cm³/mol. The summed E-state index contributed by atoms with van der Waals surface area (Å²) in [6, 6.07) is 0. The van der Waals surface area contributed by atoms with Crippen LogP contribution >= 0.6 is 22.6 Å². The number of halogens is 1. The van der Waals surface area contributed by atoms with Crippen LogP contribution in [-0.2, 0) is 13.1 Å². The fraction of sp³-hybridized carbons (Fsp3) is 0.750. The lowest BCUT2D eigenvalue weighted by atomic mass is 10.2. The molecule has 0 aliphatic carbocycles. The molecule has 0 spiro atoms. The molecule has 0 N–H and O–H groups in total. The smallest absolute Gasteiger partial charge is 0.0738 e. The van der Waals surface area contributed by atoms with Gasteiger partial charge in [0.2, 0.25) is 0 Å². The van der Waals surface area contributed by atoms with E-state index in [1.807, 2.05) is 10.9 Å². The first kappa shape index (κ1) is 9.39. The van der Waals surface area contributed by atoms with Crippen molar-refractivity contribution in [2.75, 3.05) is 6.54 Å². The van der Waals surface area contributed by atoms with E-state index >= 15 is 0 Å². The third-order valence-electron chi connectivity index (χ3n) is 2.38. The first-order valence-corrected chi connectivity index (χ1v) is 5.46. The Labute approximate surface area is 91.4 Å². The number of hydrogen-bond acceptors (Lipinski definition) is 3. The van der Waals surface area contributed by atoms with Crippen LogP contribution in [0.5, 0.6) is 0 Å². The van der Waals surface area contributed by atoms with Gasteiger partial charge in [0, 0.05) is 13.1 Å². The first-order chi connectivity index (χ1) is 6.07. The van der Waals surface area contributed by atoms with E-state index in [0.29, 0.717) is 0 Å². The van der Waals surface area contributed by atoms with Crippen molar-refractivity contribution >= 4 is 22.6 Å². The maximum absolute atomic E-state index is 4.01. The van der Waals surface area contributed by atoms with Crippen molar-refractivity contribution in [3.05, 3.63) is 11.9 Å². The third kappa shape index (κ3) is 1.85. The Bertz CT molecular complexity index is 301. The Morgan fingerprint density at radius 3 is 2.92 bits per heavy atom. The number of aromatic nitrogens is 3. The van der Waals surface area contributed by atoms with Gasteiger partial charge in [0.25, 0.3) is 0 Å². The molecule has 1 aromatic rings. The van der Waals surface area contributed by atoms with Crippen molar-refractivity contribution in [2.45, 2.75) is 30.5 Å². The fourth-order valence-corrected chi connectivity index (χ4v) is 1.95. The third-order valence-corrected chi connectivity index (χ3v) is 3.07. The summed E-state index contributed by atoms with van der Waals surface area (Å²) in [4.78, 5) is 2.44. The number of alkyl halides is 1. The molecule has 0 aromatic carbocycles. The lowest BCUT2D eigenvalue weighted by Gasteiger charge is -2.36. The van der Waals surface area contributed by atoms with E-state index in [-0.39, 0.29) is 3.55 Å². The highest BCUT2D eigenvalue weighted by Gasteiger charge is 2.27. The lowest BCUT2D eigenvalue weighted by Crippen LogP contribution is -2.43. The minimum atomic E-state index is 0.216. The second kappa shape index (κ2) is 3.20. The second-order valence-electron chi connectivity index (χ2n) is 3.78. The Balaban J connectivity index is 2.18. The van der Waals surface area contributed by atoms with E-state index in [1.165, 1.54) is 5.69 Å². The molecule has 0 atom stereocenters. The van der Waals surface area contributed by atoms with Crippen LogP contribution < -0.4 is 0 Å². The van der Waals surface area contributed by atoms with Gasteiger partial charge >= 0.3 is 0 Å². The van der Waals surface area contributed by atoms with Crippen molar-refractivity contribution in [2.24, 2.45) is 0 Å². The van der Waals surface area contributed by atoms with Crippen LogP contribution in [0.2, 0.25) is 0 Å². The molecule has 0 saturated carbocycles. The Hall–Kier alpha value is -0.170. The Morgan fingerprint density at radius 2 is 2.23 bits per heavy atom. The Kier molecular flexibility index (Phi) is 2.31. The zero-order valence-electron chi connectivity index (χ0n) is 7.87. The molecule has 0 fully saturated rings. The normalized spacial score (nSPS) is 18.7. The zero-order chi connectivity index (χ0) is 9.47. The molecule has 0 bridgehead atoms. The van der Waals surface area contributed by atoms with Crippen molar-refractivity contribution in [1.82, 2.24) is 19.9 Å². The fourth-order valence-electron chi connectivity index (χ4n) is 1.53. The summed E-state index contributed by atoms with van der Waals surface area (Å²) >= 11 is 2.47. The van der Waals surface area contributed by atoms with Crippen LogP contribution in [0.25, 0.3) is 0 Å². The average Bonchev–Trinajstić information content (AvgIpc) is 2.47. The molecule has 13 heavy (non-hydrogen) atoms. The molecule has 2 heterocycles. The standard InChI is InChI=1S/C8H13IN4/c1-8(2,9)12-3-4-13-7(6-12)5-10-11-13/h5H,3-4,6H2,1-2H3. The maximum Gasteiger partial charge on any atom is 0.0738 e. The summed E-state index contributed by atoms with van der Waals surface area (Å²) in [5.41, 5.74) is 1.22. The number of nitrogens with zero attached hydrogens (tertiary/aromatic N) is 4. The summed E-state index contributed by atoms with van der Waals surface area (Å²) in [6.07, 6.45) is 1.86. The molecule has 0 saturated heterocycles. The highest BCUT2D eigenvalue weighted by atomic mass is 127. The van der Waals surface area contributed by atoms with Crippen molar-refractivity contribution < 1.29 is 0 Å². The number of hydrogen-bond donors (Lipinski definition) is 0. The summed E-state index contributed by atoms with van der Waals surface area (Å²) in [6.45, 7) is 7.44. The molecular weight excluding hydrogens is 279 g/mol. The van der Waals surface area contributed by atoms with E-state index in [1.54, 1.807) is 0 Å². The van der Waals surface area contributed by atoms with Crippen LogP contribution in [0.15, 0.2) is 6.20 Å². The molecule has 5 heteroatoms. The van der Waals surface area contributed by atoms with E-state index < -0.39 is 0 Å². The molecule has 72 valence electrons. The summed E-state index contributed by atoms with van der Waals surface area (Å²) in [5, 5.41) is 7.91. The molecule has 0 unspecified atom stereocenters. The average molecular weight is 292 g/mol. The van der Waals surface area contributed by atoms with Gasteiger partial charge in [-0.2, -0.15) is 0 Å². The Morgan fingerprint density at radius 1 is 1.46 bits per heavy atom. The van der Waals surface area contributed by atoms with Crippen molar-refractivity contribution in [3.8, 4) is 0 Å². The van der Waals surface area contributed by atoms with E-state index in [2.05, 4.69) is 51.7 Å². The van der Waals surface area contributed by atoms with Gasteiger partial charge in [-0.1, -0.05) is 27.8 Å². The highest BCUT2D eigenvalue weighted by molar-refractivity contribution is 14.1. The highest BCUT2D eigenvalue weighted by Crippen LogP contribution is 2.26. The molecular formula is C8H13IN4. The van der Waals surface area contributed by atoms with Gasteiger partial charge in [-0.05, 0) is 13.8 Å². The molecule has 1 aromatic heterocycles. The predicted octanol–water partition coefficient (Wildman–Crippen LogP) is 1.26. The van der Waals surface area contributed by atoms with Gasteiger partial charge in [0.15, 0.2) is 0 Å². The SMILES string of the molecule is CC(C)(I)N1CCn2nncc2C1. The van der Waals surface area contributed by atoms with Gasteiger partial charge in [0.05, 0.1) is 22.0 Å². The minimum absolute atomic E-state index is 0.216. The molecule has 0 radical (unpaired) electrons. The van der Waals surface area contributed by atoms with E-state index in [0.717, 1.165) is 19.6 Å². The van der Waals surface area contributed by atoms with Crippen LogP contribution in [0, 0.1) is 0 Å². The van der Waals surface area contributed by atoms with Crippen LogP contribution in [-0.4, -0.2) is 30.0 Å². The number of rotatable bonds is 1. The maximum atomic E-state index is 4.01. The number of fused-ring (bicyclic) bond motifs is 1. The molecule has 2 rings (SSSR count).